The van der Waals surface area contributed by atoms with E-state index in [9.17, 15) is 13.6 Å². The van der Waals surface area contributed by atoms with E-state index in [-0.39, 0.29) is 11.0 Å². The van der Waals surface area contributed by atoms with Crippen LogP contribution in [0.25, 0.3) is 0 Å². The van der Waals surface area contributed by atoms with Crippen LogP contribution in [0.4, 0.5) is 8.78 Å². The zero-order chi connectivity index (χ0) is 18.4. The van der Waals surface area contributed by atoms with Crippen molar-refractivity contribution in [2.24, 2.45) is 10.9 Å². The van der Waals surface area contributed by atoms with Crippen LogP contribution in [0, 0.1) is 24.5 Å². The van der Waals surface area contributed by atoms with Crippen LogP contribution in [0.2, 0.25) is 0 Å². The summed E-state index contributed by atoms with van der Waals surface area (Å²) in [6.45, 7) is 9.20. The van der Waals surface area contributed by atoms with Gasteiger partial charge in [0.1, 0.15) is 11.6 Å². The molecule has 1 aliphatic carbocycles. The van der Waals surface area contributed by atoms with Gasteiger partial charge in [0.2, 0.25) is 0 Å². The van der Waals surface area contributed by atoms with Crippen molar-refractivity contribution in [3.63, 3.8) is 0 Å². The van der Waals surface area contributed by atoms with Gasteiger partial charge in [0.15, 0.2) is 4.80 Å². The summed E-state index contributed by atoms with van der Waals surface area (Å²) in [4.78, 5) is 18.3. The summed E-state index contributed by atoms with van der Waals surface area (Å²) in [5.41, 5.74) is 0.693. The fourth-order valence-electron chi connectivity index (χ4n) is 2.85. The van der Waals surface area contributed by atoms with Crippen LogP contribution >= 0.6 is 11.3 Å². The molecule has 1 aliphatic rings. The van der Waals surface area contributed by atoms with E-state index >= 15 is 0 Å². The highest BCUT2D eigenvalue weighted by Crippen LogP contribution is 2.33. The topological polar surface area (TPSA) is 34.4 Å². The number of halogens is 2. The average molecular weight is 364 g/mol. The van der Waals surface area contributed by atoms with Gasteiger partial charge in [-0.15, -0.1) is 11.3 Å². The maximum atomic E-state index is 13.9. The van der Waals surface area contributed by atoms with Crippen molar-refractivity contribution in [2.75, 3.05) is 0 Å². The number of aromatic nitrogens is 1. The normalized spacial score (nSPS) is 15.7. The molecule has 0 unspecified atom stereocenters. The lowest BCUT2D eigenvalue weighted by molar-refractivity contribution is 0.0993. The summed E-state index contributed by atoms with van der Waals surface area (Å²) in [7, 11) is 0. The van der Waals surface area contributed by atoms with E-state index in [0.717, 1.165) is 35.3 Å². The molecule has 1 heterocycles. The van der Waals surface area contributed by atoms with E-state index in [1.54, 1.807) is 0 Å². The molecule has 1 aromatic heterocycles. The molecule has 6 heteroatoms. The van der Waals surface area contributed by atoms with E-state index in [0.29, 0.717) is 10.7 Å². The van der Waals surface area contributed by atoms with E-state index in [2.05, 4.69) is 30.3 Å². The maximum absolute atomic E-state index is 13.9. The van der Waals surface area contributed by atoms with E-state index in [1.165, 1.54) is 24.2 Å². The fourth-order valence-corrected chi connectivity index (χ4v) is 4.04. The molecule has 3 rings (SSSR count). The minimum Gasteiger partial charge on any atom is -0.320 e. The SMILES string of the molecule is Cc1c(C(C)(C)C)s/c(=N\C(=O)c2cc(F)ccc2F)n1CC1CC1. The first kappa shape index (κ1) is 18.0. The van der Waals surface area contributed by atoms with Crippen molar-refractivity contribution >= 4 is 17.2 Å². The van der Waals surface area contributed by atoms with Gasteiger partial charge in [-0.05, 0) is 49.3 Å². The van der Waals surface area contributed by atoms with Gasteiger partial charge in [0, 0.05) is 17.1 Å². The highest BCUT2D eigenvalue weighted by molar-refractivity contribution is 7.09. The number of rotatable bonds is 3. The molecule has 1 saturated carbocycles. The van der Waals surface area contributed by atoms with Gasteiger partial charge >= 0.3 is 0 Å². The Bertz CT molecular complexity index is 886. The summed E-state index contributed by atoms with van der Waals surface area (Å²) in [6, 6.07) is 2.85. The Morgan fingerprint density at radius 1 is 1.32 bits per heavy atom. The van der Waals surface area contributed by atoms with Crippen molar-refractivity contribution in [2.45, 2.75) is 52.5 Å². The zero-order valence-electron chi connectivity index (χ0n) is 14.9. The summed E-state index contributed by atoms with van der Waals surface area (Å²) in [5.74, 6) is -1.54. The van der Waals surface area contributed by atoms with Crippen LogP contribution < -0.4 is 4.80 Å². The Kier molecular flexibility index (Phi) is 4.66. The Labute approximate surface area is 150 Å². The third kappa shape index (κ3) is 3.89. The number of nitrogens with zero attached hydrogens (tertiary/aromatic N) is 2. The highest BCUT2D eigenvalue weighted by atomic mass is 32.1. The monoisotopic (exact) mass is 364 g/mol. The lowest BCUT2D eigenvalue weighted by Crippen LogP contribution is -2.20. The van der Waals surface area contributed by atoms with Crippen LogP contribution in [0.1, 0.15) is 54.5 Å². The average Bonchev–Trinajstić information content (AvgIpc) is 3.28. The molecule has 0 saturated heterocycles. The second-order valence-electron chi connectivity index (χ2n) is 7.64. The molecule has 2 aromatic rings. The summed E-state index contributed by atoms with van der Waals surface area (Å²) in [6.07, 6.45) is 2.36. The standard InChI is InChI=1S/C19H22F2N2OS/c1-11-16(19(2,3)4)25-18(23(11)10-12-5-6-12)22-17(24)14-9-13(20)7-8-15(14)21/h7-9,12H,5-6,10H2,1-4H3/b22-18-. The minimum atomic E-state index is -0.756. The highest BCUT2D eigenvalue weighted by Gasteiger charge is 2.27. The molecule has 1 aromatic carbocycles. The quantitative estimate of drug-likeness (QED) is 0.785. The maximum Gasteiger partial charge on any atom is 0.282 e. The Morgan fingerprint density at radius 3 is 2.60 bits per heavy atom. The second kappa shape index (κ2) is 6.48. The van der Waals surface area contributed by atoms with E-state index in [4.69, 9.17) is 0 Å². The van der Waals surface area contributed by atoms with Gasteiger partial charge in [-0.2, -0.15) is 4.99 Å². The van der Waals surface area contributed by atoms with Crippen LogP contribution in [0.5, 0.6) is 0 Å². The van der Waals surface area contributed by atoms with Crippen molar-refractivity contribution in [3.05, 3.63) is 50.8 Å². The molecular formula is C19H22F2N2OS. The molecule has 134 valence electrons. The molecule has 0 bridgehead atoms. The van der Waals surface area contributed by atoms with Crippen LogP contribution in [0.3, 0.4) is 0 Å². The number of benzene rings is 1. The lowest BCUT2D eigenvalue weighted by atomic mass is 9.93. The first-order chi connectivity index (χ1) is 11.7. The Morgan fingerprint density at radius 2 is 2.00 bits per heavy atom. The van der Waals surface area contributed by atoms with Gasteiger partial charge in [-0.3, -0.25) is 4.79 Å². The molecule has 0 spiro atoms. The Balaban J connectivity index is 2.09. The van der Waals surface area contributed by atoms with Crippen molar-refractivity contribution in [3.8, 4) is 0 Å². The smallest absolute Gasteiger partial charge is 0.282 e. The molecule has 1 amide bonds. The molecule has 25 heavy (non-hydrogen) atoms. The predicted molar refractivity (Wildman–Crippen MR) is 94.7 cm³/mol. The molecular weight excluding hydrogens is 342 g/mol. The second-order valence-corrected chi connectivity index (χ2v) is 8.62. The number of carbonyl (C=O) groups excluding carboxylic acids is 1. The van der Waals surface area contributed by atoms with Gasteiger partial charge < -0.3 is 4.57 Å². The van der Waals surface area contributed by atoms with E-state index < -0.39 is 17.5 Å². The predicted octanol–water partition coefficient (Wildman–Crippen LogP) is 4.58. The van der Waals surface area contributed by atoms with E-state index in [1.807, 2.05) is 6.92 Å². The van der Waals surface area contributed by atoms with Crippen LogP contribution in [-0.2, 0) is 12.0 Å². The minimum absolute atomic E-state index is 0.0685. The molecule has 0 atom stereocenters. The zero-order valence-corrected chi connectivity index (χ0v) is 15.7. The van der Waals surface area contributed by atoms with Crippen molar-refractivity contribution < 1.29 is 13.6 Å². The summed E-state index contributed by atoms with van der Waals surface area (Å²) in [5, 5.41) is 0. The van der Waals surface area contributed by atoms with Gasteiger partial charge in [0.05, 0.1) is 5.56 Å². The first-order valence-corrected chi connectivity index (χ1v) is 9.23. The third-order valence-electron chi connectivity index (χ3n) is 4.33. The molecule has 0 aliphatic heterocycles. The number of carbonyl (C=O) groups is 1. The molecule has 0 N–H and O–H groups in total. The number of amides is 1. The van der Waals surface area contributed by atoms with Gasteiger partial charge in [-0.1, -0.05) is 20.8 Å². The summed E-state index contributed by atoms with van der Waals surface area (Å²) < 4.78 is 29.3. The van der Waals surface area contributed by atoms with Gasteiger partial charge in [-0.25, -0.2) is 8.78 Å². The fraction of sp³-hybridized carbons (Fsp3) is 0.474. The van der Waals surface area contributed by atoms with Crippen LogP contribution in [0.15, 0.2) is 23.2 Å². The first-order valence-electron chi connectivity index (χ1n) is 8.41. The molecule has 3 nitrogen and oxygen atoms in total. The largest absolute Gasteiger partial charge is 0.320 e. The Hall–Kier alpha value is -1.82. The number of hydrogen-bond acceptors (Lipinski definition) is 2. The molecule has 1 fully saturated rings. The lowest BCUT2D eigenvalue weighted by Gasteiger charge is -2.17. The number of thiazole rings is 1. The van der Waals surface area contributed by atoms with Crippen molar-refractivity contribution in [1.82, 2.24) is 4.57 Å². The van der Waals surface area contributed by atoms with Crippen LogP contribution in [-0.4, -0.2) is 10.5 Å². The van der Waals surface area contributed by atoms with Crippen molar-refractivity contribution in [1.29, 1.82) is 0 Å². The van der Waals surface area contributed by atoms with Gasteiger partial charge in [0.25, 0.3) is 5.91 Å². The number of hydrogen-bond donors (Lipinski definition) is 0. The summed E-state index contributed by atoms with van der Waals surface area (Å²) >= 11 is 1.46. The molecule has 0 radical (unpaired) electrons. The third-order valence-corrected chi connectivity index (χ3v) is 5.94.